The second kappa shape index (κ2) is 9.85. The van der Waals surface area contributed by atoms with Crippen LogP contribution in [0.4, 0.5) is 5.69 Å². The number of amides is 3. The first-order valence-corrected chi connectivity index (χ1v) is 9.22. The third-order valence-corrected chi connectivity index (χ3v) is 4.25. The molecule has 0 unspecified atom stereocenters. The molecule has 0 aliphatic rings. The molecular formula is C23H21N3O3. The van der Waals surface area contributed by atoms with Gasteiger partial charge in [0.2, 0.25) is 5.91 Å². The topological polar surface area (TPSA) is 87.3 Å². The highest BCUT2D eigenvalue weighted by atomic mass is 16.2. The summed E-state index contributed by atoms with van der Waals surface area (Å²) in [6, 6.07) is 24.9. The maximum Gasteiger partial charge on any atom is 0.271 e. The van der Waals surface area contributed by atoms with Crippen LogP contribution >= 0.6 is 0 Å². The Hall–Kier alpha value is -3.93. The fraction of sp³-hybridized carbons (Fsp3) is 0.0870. The van der Waals surface area contributed by atoms with Crippen molar-refractivity contribution in [1.82, 2.24) is 10.9 Å². The Balaban J connectivity index is 1.57. The van der Waals surface area contributed by atoms with Gasteiger partial charge in [0.05, 0.1) is 11.3 Å². The monoisotopic (exact) mass is 387 g/mol. The van der Waals surface area contributed by atoms with Gasteiger partial charge < -0.3 is 5.32 Å². The Labute approximate surface area is 168 Å². The highest BCUT2D eigenvalue weighted by molar-refractivity contribution is 6.09. The van der Waals surface area contributed by atoms with Gasteiger partial charge in [-0.05, 0) is 36.2 Å². The SMILES string of the molecule is O=C(CCc1ccccc1)NNC(=O)c1ccccc1NC(=O)c1ccccc1. The minimum Gasteiger partial charge on any atom is -0.321 e. The fourth-order valence-corrected chi connectivity index (χ4v) is 2.73. The van der Waals surface area contributed by atoms with E-state index >= 15 is 0 Å². The Kier molecular flexibility index (Phi) is 6.73. The number of nitrogens with one attached hydrogen (secondary N) is 3. The predicted octanol–water partition coefficient (Wildman–Crippen LogP) is 3.33. The molecule has 3 aromatic carbocycles. The van der Waals surface area contributed by atoms with Gasteiger partial charge in [0, 0.05) is 12.0 Å². The lowest BCUT2D eigenvalue weighted by Crippen LogP contribution is -2.42. The van der Waals surface area contributed by atoms with E-state index in [4.69, 9.17) is 0 Å². The summed E-state index contributed by atoms with van der Waals surface area (Å²) in [7, 11) is 0. The summed E-state index contributed by atoms with van der Waals surface area (Å²) in [5, 5.41) is 2.73. The number of carbonyl (C=O) groups is 3. The molecule has 6 heteroatoms. The van der Waals surface area contributed by atoms with Gasteiger partial charge in [-0.3, -0.25) is 25.2 Å². The molecule has 6 nitrogen and oxygen atoms in total. The maximum absolute atomic E-state index is 12.5. The lowest BCUT2D eigenvalue weighted by atomic mass is 10.1. The van der Waals surface area contributed by atoms with E-state index in [0.717, 1.165) is 5.56 Å². The summed E-state index contributed by atoms with van der Waals surface area (Å²) >= 11 is 0. The van der Waals surface area contributed by atoms with Crippen LogP contribution in [0, 0.1) is 0 Å². The van der Waals surface area contributed by atoms with Crippen LogP contribution in [0.5, 0.6) is 0 Å². The van der Waals surface area contributed by atoms with Gasteiger partial charge in [0.15, 0.2) is 0 Å². The molecule has 0 radical (unpaired) electrons. The second-order valence-corrected chi connectivity index (χ2v) is 6.35. The zero-order chi connectivity index (χ0) is 20.5. The quantitative estimate of drug-likeness (QED) is 0.567. The molecule has 0 aliphatic carbocycles. The van der Waals surface area contributed by atoms with Crippen LogP contribution in [0.1, 0.15) is 32.7 Å². The van der Waals surface area contributed by atoms with Crippen LogP contribution in [0.2, 0.25) is 0 Å². The summed E-state index contributed by atoms with van der Waals surface area (Å²) < 4.78 is 0. The number of hydrogen-bond acceptors (Lipinski definition) is 3. The molecule has 0 aromatic heterocycles. The average Bonchev–Trinajstić information content (AvgIpc) is 2.77. The van der Waals surface area contributed by atoms with E-state index in [1.54, 1.807) is 48.5 Å². The molecule has 0 heterocycles. The molecule has 0 spiro atoms. The van der Waals surface area contributed by atoms with Crippen LogP contribution in [0.3, 0.4) is 0 Å². The number of hydrazine groups is 1. The Morgan fingerprint density at radius 2 is 1.28 bits per heavy atom. The van der Waals surface area contributed by atoms with Crippen molar-refractivity contribution in [2.75, 3.05) is 5.32 Å². The van der Waals surface area contributed by atoms with Gasteiger partial charge in [-0.15, -0.1) is 0 Å². The fourth-order valence-electron chi connectivity index (χ4n) is 2.73. The van der Waals surface area contributed by atoms with Gasteiger partial charge in [-0.2, -0.15) is 0 Å². The highest BCUT2D eigenvalue weighted by Gasteiger charge is 2.14. The van der Waals surface area contributed by atoms with E-state index in [1.165, 1.54) is 0 Å². The van der Waals surface area contributed by atoms with E-state index in [-0.39, 0.29) is 23.8 Å². The summed E-state index contributed by atoms with van der Waals surface area (Å²) in [6.45, 7) is 0. The van der Waals surface area contributed by atoms with Crippen LogP contribution in [0.25, 0.3) is 0 Å². The van der Waals surface area contributed by atoms with Gasteiger partial charge in [0.1, 0.15) is 0 Å². The minimum atomic E-state index is -0.512. The smallest absolute Gasteiger partial charge is 0.271 e. The van der Waals surface area contributed by atoms with Crippen molar-refractivity contribution >= 4 is 23.4 Å². The molecular weight excluding hydrogens is 366 g/mol. The first-order valence-electron chi connectivity index (χ1n) is 9.22. The van der Waals surface area contributed by atoms with Crippen molar-refractivity contribution in [3.63, 3.8) is 0 Å². The first kappa shape index (κ1) is 19.8. The van der Waals surface area contributed by atoms with Crippen LogP contribution in [-0.4, -0.2) is 17.7 Å². The van der Waals surface area contributed by atoms with Gasteiger partial charge in [-0.25, -0.2) is 0 Å². The maximum atomic E-state index is 12.5. The van der Waals surface area contributed by atoms with Crippen molar-refractivity contribution in [1.29, 1.82) is 0 Å². The first-order chi connectivity index (χ1) is 14.1. The molecule has 0 saturated carbocycles. The molecule has 0 atom stereocenters. The lowest BCUT2D eigenvalue weighted by Gasteiger charge is -2.12. The molecule has 3 rings (SSSR count). The van der Waals surface area contributed by atoms with Crippen LogP contribution in [0.15, 0.2) is 84.9 Å². The number of hydrogen-bond donors (Lipinski definition) is 3. The van der Waals surface area contributed by atoms with Crippen molar-refractivity contribution < 1.29 is 14.4 Å². The van der Waals surface area contributed by atoms with Crippen LogP contribution < -0.4 is 16.2 Å². The highest BCUT2D eigenvalue weighted by Crippen LogP contribution is 2.16. The summed E-state index contributed by atoms with van der Waals surface area (Å²) in [4.78, 5) is 36.9. The van der Waals surface area contributed by atoms with E-state index < -0.39 is 5.91 Å². The minimum absolute atomic E-state index is 0.247. The zero-order valence-electron chi connectivity index (χ0n) is 15.7. The van der Waals surface area contributed by atoms with E-state index in [9.17, 15) is 14.4 Å². The number of aryl methyl sites for hydroxylation is 1. The number of rotatable bonds is 6. The van der Waals surface area contributed by atoms with Crippen molar-refractivity contribution in [2.24, 2.45) is 0 Å². The molecule has 0 saturated heterocycles. The van der Waals surface area contributed by atoms with Crippen molar-refractivity contribution in [3.8, 4) is 0 Å². The van der Waals surface area contributed by atoms with E-state index in [1.807, 2.05) is 36.4 Å². The molecule has 3 amide bonds. The van der Waals surface area contributed by atoms with Gasteiger partial charge >= 0.3 is 0 Å². The summed E-state index contributed by atoms with van der Waals surface area (Å²) in [6.07, 6.45) is 0.822. The van der Waals surface area contributed by atoms with Crippen molar-refractivity contribution in [3.05, 3.63) is 102 Å². The molecule has 3 N–H and O–H groups in total. The molecule has 0 aliphatic heterocycles. The number of para-hydroxylation sites is 1. The average molecular weight is 387 g/mol. The van der Waals surface area contributed by atoms with E-state index in [2.05, 4.69) is 16.2 Å². The number of benzene rings is 3. The van der Waals surface area contributed by atoms with E-state index in [0.29, 0.717) is 17.7 Å². The molecule has 0 bridgehead atoms. The molecule has 146 valence electrons. The van der Waals surface area contributed by atoms with Gasteiger partial charge in [0.25, 0.3) is 11.8 Å². The van der Waals surface area contributed by atoms with Crippen LogP contribution in [-0.2, 0) is 11.2 Å². The molecule has 3 aromatic rings. The standard InChI is InChI=1S/C23H21N3O3/c27-21(16-15-17-9-3-1-4-10-17)25-26-23(29)19-13-7-8-14-20(19)24-22(28)18-11-5-2-6-12-18/h1-14H,15-16H2,(H,24,28)(H,25,27)(H,26,29). The normalized spacial score (nSPS) is 10.1. The Bertz CT molecular complexity index is 989. The molecule has 29 heavy (non-hydrogen) atoms. The predicted molar refractivity (Wildman–Crippen MR) is 111 cm³/mol. The Morgan fingerprint density at radius 3 is 2.00 bits per heavy atom. The summed E-state index contributed by atoms with van der Waals surface area (Å²) in [5.41, 5.74) is 6.95. The number of anilines is 1. The lowest BCUT2D eigenvalue weighted by molar-refractivity contribution is -0.121. The molecule has 0 fully saturated rings. The van der Waals surface area contributed by atoms with Crippen molar-refractivity contribution in [2.45, 2.75) is 12.8 Å². The summed E-state index contributed by atoms with van der Waals surface area (Å²) in [5.74, 6) is -1.13. The third-order valence-electron chi connectivity index (χ3n) is 4.25. The zero-order valence-corrected chi connectivity index (χ0v) is 15.7. The third kappa shape index (κ3) is 5.77. The van der Waals surface area contributed by atoms with Gasteiger partial charge in [-0.1, -0.05) is 60.7 Å². The number of carbonyl (C=O) groups excluding carboxylic acids is 3. The Morgan fingerprint density at radius 1 is 0.655 bits per heavy atom. The second-order valence-electron chi connectivity index (χ2n) is 6.35. The largest absolute Gasteiger partial charge is 0.321 e.